The van der Waals surface area contributed by atoms with Gasteiger partial charge in [-0.15, -0.1) is 13.2 Å². The number of amides is 1. The van der Waals surface area contributed by atoms with Crippen molar-refractivity contribution in [2.45, 2.75) is 31.5 Å². The highest BCUT2D eigenvalue weighted by molar-refractivity contribution is 5.94. The molecule has 4 rings (SSSR count). The number of halogens is 3. The molecule has 1 atom stereocenters. The number of phenols is 1. The average Bonchev–Trinajstić information content (AvgIpc) is 2.98. The summed E-state index contributed by atoms with van der Waals surface area (Å²) in [6, 6.07) is 10.2. The first-order chi connectivity index (χ1) is 14.2. The molecule has 3 aromatic rings. The van der Waals surface area contributed by atoms with Gasteiger partial charge in [0.2, 0.25) is 0 Å². The van der Waals surface area contributed by atoms with E-state index in [4.69, 9.17) is 0 Å². The zero-order chi connectivity index (χ0) is 21.5. The Morgan fingerprint density at radius 3 is 2.67 bits per heavy atom. The van der Waals surface area contributed by atoms with E-state index in [0.717, 1.165) is 47.9 Å². The molecule has 5 nitrogen and oxygen atoms in total. The molecule has 0 radical (unpaired) electrons. The van der Waals surface area contributed by atoms with Crippen LogP contribution in [0.3, 0.4) is 0 Å². The Hall–Kier alpha value is -3.16. The van der Waals surface area contributed by atoms with Crippen LogP contribution in [0, 0.1) is 0 Å². The summed E-state index contributed by atoms with van der Waals surface area (Å²) in [5.74, 6) is -0.434. The molecule has 1 amide bonds. The smallest absolute Gasteiger partial charge is 0.508 e. The number of ether oxygens (including phenoxy) is 1. The maximum absolute atomic E-state index is 12.5. The highest BCUT2D eigenvalue weighted by atomic mass is 19.4. The first kappa shape index (κ1) is 20.1. The van der Waals surface area contributed by atoms with Crippen molar-refractivity contribution >= 4 is 16.8 Å². The van der Waals surface area contributed by atoms with Gasteiger partial charge in [0.25, 0.3) is 5.91 Å². The minimum absolute atomic E-state index is 0.0936. The van der Waals surface area contributed by atoms with Crippen LogP contribution in [-0.4, -0.2) is 28.5 Å². The Labute approximate surface area is 171 Å². The molecule has 0 bridgehead atoms. The van der Waals surface area contributed by atoms with Crippen LogP contribution in [0.15, 0.2) is 42.5 Å². The molecule has 0 saturated heterocycles. The van der Waals surface area contributed by atoms with E-state index in [0.29, 0.717) is 6.54 Å². The van der Waals surface area contributed by atoms with Crippen molar-refractivity contribution in [2.24, 2.45) is 7.05 Å². The van der Waals surface area contributed by atoms with Crippen LogP contribution < -0.4 is 10.1 Å². The number of rotatable bonds is 4. The number of aromatic nitrogens is 1. The van der Waals surface area contributed by atoms with Crippen molar-refractivity contribution < 1.29 is 27.8 Å². The highest BCUT2D eigenvalue weighted by Gasteiger charge is 2.31. The van der Waals surface area contributed by atoms with E-state index in [9.17, 15) is 23.1 Å². The minimum atomic E-state index is -4.77. The molecule has 158 valence electrons. The zero-order valence-electron chi connectivity index (χ0n) is 16.3. The number of hydrogen-bond donors (Lipinski definition) is 2. The summed E-state index contributed by atoms with van der Waals surface area (Å²) < 4.78 is 42.8. The maximum atomic E-state index is 12.5. The van der Waals surface area contributed by atoms with Crippen molar-refractivity contribution in [3.8, 4) is 11.5 Å². The lowest BCUT2D eigenvalue weighted by Crippen LogP contribution is -2.30. The molecule has 0 unspecified atom stereocenters. The topological polar surface area (TPSA) is 63.5 Å². The highest BCUT2D eigenvalue weighted by Crippen LogP contribution is 2.39. The van der Waals surface area contributed by atoms with Gasteiger partial charge in [-0.1, -0.05) is 0 Å². The van der Waals surface area contributed by atoms with Gasteiger partial charge < -0.3 is 19.7 Å². The lowest BCUT2D eigenvalue weighted by Gasteiger charge is -2.24. The number of nitrogens with zero attached hydrogens (tertiary/aromatic N) is 1. The van der Waals surface area contributed by atoms with Crippen molar-refractivity contribution in [1.29, 1.82) is 0 Å². The number of carbonyl (C=O) groups is 1. The average molecular weight is 418 g/mol. The Morgan fingerprint density at radius 2 is 1.97 bits per heavy atom. The monoisotopic (exact) mass is 418 g/mol. The van der Waals surface area contributed by atoms with Gasteiger partial charge in [0.05, 0.1) is 0 Å². The molecular formula is C22H21F3N2O3. The quantitative estimate of drug-likeness (QED) is 0.649. The fourth-order valence-electron chi connectivity index (χ4n) is 4.26. The number of hydrogen-bond acceptors (Lipinski definition) is 3. The molecular weight excluding hydrogens is 397 g/mol. The van der Waals surface area contributed by atoms with Crippen LogP contribution in [0.25, 0.3) is 10.9 Å². The van der Waals surface area contributed by atoms with Crippen LogP contribution in [0.4, 0.5) is 13.2 Å². The number of aryl methyl sites for hydroxylation is 1. The van der Waals surface area contributed by atoms with Gasteiger partial charge >= 0.3 is 6.36 Å². The fraction of sp³-hybridized carbons (Fsp3) is 0.318. The lowest BCUT2D eigenvalue weighted by atomic mass is 9.85. The second-order valence-corrected chi connectivity index (χ2v) is 7.49. The molecule has 0 spiro atoms. The van der Waals surface area contributed by atoms with Gasteiger partial charge in [-0.25, -0.2) is 0 Å². The molecule has 8 heteroatoms. The van der Waals surface area contributed by atoms with E-state index in [1.54, 1.807) is 12.1 Å². The van der Waals surface area contributed by atoms with E-state index >= 15 is 0 Å². The van der Waals surface area contributed by atoms with Gasteiger partial charge in [-0.2, -0.15) is 0 Å². The first-order valence-electron chi connectivity index (χ1n) is 9.67. The molecule has 1 aromatic heterocycles. The standard InChI is InChI=1S/C22H21F3N2O3/c1-27-18-10-7-15(28)11-17(18)20-14(3-2-4-19(20)27)12-26-21(29)13-5-8-16(9-6-13)30-22(23,24)25/h5-11,14,28H,2-4,12H2,1H3,(H,26,29)/t14-/m0/s1. The number of nitrogens with one attached hydrogen (secondary N) is 1. The summed E-state index contributed by atoms with van der Waals surface area (Å²) in [6.45, 7) is 0.404. The molecule has 1 aliphatic rings. The van der Waals surface area contributed by atoms with Crippen molar-refractivity contribution in [1.82, 2.24) is 9.88 Å². The van der Waals surface area contributed by atoms with Crippen LogP contribution in [0.1, 0.15) is 40.4 Å². The summed E-state index contributed by atoms with van der Waals surface area (Å²) in [7, 11) is 2.00. The Morgan fingerprint density at radius 1 is 1.23 bits per heavy atom. The largest absolute Gasteiger partial charge is 0.573 e. The third kappa shape index (κ3) is 3.94. The first-order valence-corrected chi connectivity index (χ1v) is 9.67. The Bertz CT molecular complexity index is 1090. The molecule has 2 aromatic carbocycles. The van der Waals surface area contributed by atoms with Crippen LogP contribution in [0.5, 0.6) is 11.5 Å². The SMILES string of the molecule is Cn1c2c(c3cc(O)ccc31)[C@H](CNC(=O)c1ccc(OC(F)(F)F)cc1)CCC2. The maximum Gasteiger partial charge on any atom is 0.573 e. The van der Waals surface area contributed by atoms with Crippen molar-refractivity contribution in [3.05, 3.63) is 59.3 Å². The Balaban J connectivity index is 1.50. The van der Waals surface area contributed by atoms with Crippen LogP contribution in [-0.2, 0) is 13.5 Å². The van der Waals surface area contributed by atoms with Gasteiger partial charge in [0.1, 0.15) is 11.5 Å². The molecule has 1 heterocycles. The number of phenolic OH excluding ortho intramolecular Hbond substituents is 1. The van der Waals surface area contributed by atoms with Crippen molar-refractivity contribution in [2.75, 3.05) is 6.54 Å². The van der Waals surface area contributed by atoms with Crippen molar-refractivity contribution in [3.63, 3.8) is 0 Å². The molecule has 0 aliphatic heterocycles. The van der Waals surface area contributed by atoms with E-state index in [2.05, 4.69) is 14.6 Å². The number of carbonyl (C=O) groups excluding carboxylic acids is 1. The van der Waals surface area contributed by atoms with Gasteiger partial charge in [0, 0.05) is 41.7 Å². The summed E-state index contributed by atoms with van der Waals surface area (Å²) in [6.07, 6.45) is -1.94. The molecule has 1 aliphatic carbocycles. The Kier molecular flexibility index (Phi) is 5.09. The van der Waals surface area contributed by atoms with Gasteiger partial charge in [-0.3, -0.25) is 4.79 Å². The lowest BCUT2D eigenvalue weighted by molar-refractivity contribution is -0.274. The zero-order valence-corrected chi connectivity index (χ0v) is 16.3. The number of aromatic hydroxyl groups is 1. The predicted octanol–water partition coefficient (Wildman–Crippen LogP) is 4.63. The number of benzene rings is 2. The molecule has 30 heavy (non-hydrogen) atoms. The van der Waals surface area contributed by atoms with E-state index in [-0.39, 0.29) is 28.9 Å². The summed E-state index contributed by atoms with van der Waals surface area (Å²) in [4.78, 5) is 12.5. The summed E-state index contributed by atoms with van der Waals surface area (Å²) >= 11 is 0. The summed E-state index contributed by atoms with van der Waals surface area (Å²) in [5, 5.41) is 13.8. The normalized spacial score (nSPS) is 16.3. The van der Waals surface area contributed by atoms with Crippen LogP contribution in [0.2, 0.25) is 0 Å². The number of alkyl halides is 3. The third-order valence-electron chi connectivity index (χ3n) is 5.58. The number of fused-ring (bicyclic) bond motifs is 3. The van der Waals surface area contributed by atoms with E-state index in [1.165, 1.54) is 17.8 Å². The van der Waals surface area contributed by atoms with E-state index in [1.807, 2.05) is 13.1 Å². The third-order valence-corrected chi connectivity index (χ3v) is 5.58. The molecule has 2 N–H and O–H groups in total. The van der Waals surface area contributed by atoms with Crippen LogP contribution >= 0.6 is 0 Å². The second-order valence-electron chi connectivity index (χ2n) is 7.49. The van der Waals surface area contributed by atoms with Gasteiger partial charge in [0.15, 0.2) is 0 Å². The second kappa shape index (κ2) is 7.59. The van der Waals surface area contributed by atoms with E-state index < -0.39 is 6.36 Å². The fourth-order valence-corrected chi connectivity index (χ4v) is 4.26. The molecule has 0 fully saturated rings. The summed E-state index contributed by atoms with van der Waals surface area (Å²) in [5.41, 5.74) is 3.64. The minimum Gasteiger partial charge on any atom is -0.508 e. The molecule has 0 saturated carbocycles. The predicted molar refractivity (Wildman–Crippen MR) is 106 cm³/mol. The van der Waals surface area contributed by atoms with Gasteiger partial charge in [-0.05, 0) is 67.3 Å².